The molecule has 2 fully saturated rings. The minimum Gasteiger partial charge on any atom is -0.418 e. The van der Waals surface area contributed by atoms with Crippen LogP contribution in [-0.4, -0.2) is 39.8 Å². The number of carbonyl (C=O) groups is 2. The van der Waals surface area contributed by atoms with Crippen molar-refractivity contribution in [1.29, 1.82) is 0 Å². The van der Waals surface area contributed by atoms with Crippen LogP contribution in [0.15, 0.2) is 40.3 Å². The van der Waals surface area contributed by atoms with E-state index in [2.05, 4.69) is 39.6 Å². The number of carbonyl (C=O) groups excluding carboxylic acids is 2. The SMILES string of the molecule is Nc1ncc(C(=O)N2CCC[C@H](C(=O)NCc3nc(-c4ccc(C5CC5)cc4)cs3)C2)o1. The second-order valence-corrected chi connectivity index (χ2v) is 9.34. The molecule has 3 N–H and O–H groups in total. The van der Waals surface area contributed by atoms with Crippen molar-refractivity contribution < 1.29 is 14.0 Å². The van der Waals surface area contributed by atoms with Crippen LogP contribution in [0, 0.1) is 5.92 Å². The second kappa shape index (κ2) is 8.74. The molecular formula is C23H25N5O3S. The van der Waals surface area contributed by atoms with E-state index in [4.69, 9.17) is 10.2 Å². The first-order valence-electron chi connectivity index (χ1n) is 10.9. The number of amides is 2. The summed E-state index contributed by atoms with van der Waals surface area (Å²) in [7, 11) is 0. The second-order valence-electron chi connectivity index (χ2n) is 8.39. The van der Waals surface area contributed by atoms with Gasteiger partial charge in [0.2, 0.25) is 11.7 Å². The van der Waals surface area contributed by atoms with Crippen molar-refractivity contribution >= 4 is 29.2 Å². The number of oxazole rings is 1. The van der Waals surface area contributed by atoms with Crippen LogP contribution in [0.25, 0.3) is 11.3 Å². The molecule has 1 aromatic carbocycles. The zero-order valence-electron chi connectivity index (χ0n) is 17.6. The lowest BCUT2D eigenvalue weighted by Gasteiger charge is -2.31. The number of nitrogens with one attached hydrogen (secondary N) is 1. The number of benzene rings is 1. The topological polar surface area (TPSA) is 114 Å². The molecule has 5 rings (SSSR count). The third-order valence-corrected chi connectivity index (χ3v) is 6.88. The monoisotopic (exact) mass is 451 g/mol. The van der Waals surface area contributed by atoms with Gasteiger partial charge >= 0.3 is 0 Å². The molecule has 8 nitrogen and oxygen atoms in total. The fourth-order valence-corrected chi connectivity index (χ4v) is 4.84. The predicted molar refractivity (Wildman–Crippen MR) is 121 cm³/mol. The molecule has 0 spiro atoms. The van der Waals surface area contributed by atoms with E-state index in [9.17, 15) is 9.59 Å². The molecule has 9 heteroatoms. The highest BCUT2D eigenvalue weighted by atomic mass is 32.1. The van der Waals surface area contributed by atoms with Crippen molar-refractivity contribution in [2.75, 3.05) is 18.8 Å². The third-order valence-electron chi connectivity index (χ3n) is 6.03. The number of anilines is 1. The summed E-state index contributed by atoms with van der Waals surface area (Å²) in [4.78, 5) is 35.4. The fourth-order valence-electron chi connectivity index (χ4n) is 4.09. The fraction of sp³-hybridized carbons (Fsp3) is 0.391. The lowest BCUT2D eigenvalue weighted by molar-refractivity contribution is -0.126. The van der Waals surface area contributed by atoms with E-state index in [-0.39, 0.29) is 29.5 Å². The first-order valence-corrected chi connectivity index (χ1v) is 11.8. The largest absolute Gasteiger partial charge is 0.418 e. The van der Waals surface area contributed by atoms with E-state index < -0.39 is 0 Å². The number of hydrogen-bond acceptors (Lipinski definition) is 7. The molecule has 3 aromatic rings. The molecule has 0 radical (unpaired) electrons. The molecule has 166 valence electrons. The van der Waals surface area contributed by atoms with E-state index in [1.165, 1.54) is 35.9 Å². The van der Waals surface area contributed by atoms with Gasteiger partial charge in [0.25, 0.3) is 11.9 Å². The maximum atomic E-state index is 12.7. The van der Waals surface area contributed by atoms with Crippen molar-refractivity contribution in [1.82, 2.24) is 20.2 Å². The summed E-state index contributed by atoms with van der Waals surface area (Å²) in [6.45, 7) is 1.31. The highest BCUT2D eigenvalue weighted by molar-refractivity contribution is 7.09. The summed E-state index contributed by atoms with van der Waals surface area (Å²) in [5, 5.41) is 5.87. The standard InChI is InChI=1S/C23H25N5O3S/c24-23-26-10-19(31-23)22(30)28-9-1-2-17(12-28)21(29)25-11-20-27-18(13-32-20)16-7-5-15(6-8-16)14-3-4-14/h5-8,10,13-14,17H,1-4,9,11-12H2,(H2,24,26)(H,25,29)/t17-/m0/s1. The molecule has 1 atom stereocenters. The van der Waals surface area contributed by atoms with Gasteiger partial charge in [-0.05, 0) is 37.2 Å². The van der Waals surface area contributed by atoms with Crippen molar-refractivity contribution in [3.63, 3.8) is 0 Å². The molecule has 2 aromatic heterocycles. The van der Waals surface area contributed by atoms with Gasteiger partial charge in [0, 0.05) is 24.0 Å². The van der Waals surface area contributed by atoms with Gasteiger partial charge in [0.1, 0.15) is 5.01 Å². The maximum Gasteiger partial charge on any atom is 0.292 e. The van der Waals surface area contributed by atoms with Gasteiger partial charge in [-0.25, -0.2) is 9.97 Å². The van der Waals surface area contributed by atoms with Crippen molar-refractivity contribution in [2.45, 2.75) is 38.1 Å². The lowest BCUT2D eigenvalue weighted by Crippen LogP contribution is -2.45. The Hall–Kier alpha value is -3.20. The van der Waals surface area contributed by atoms with Crippen molar-refractivity contribution in [2.24, 2.45) is 5.92 Å². The van der Waals surface area contributed by atoms with Crippen LogP contribution in [0.5, 0.6) is 0 Å². The van der Waals surface area contributed by atoms with Crippen LogP contribution in [-0.2, 0) is 11.3 Å². The molecule has 2 aliphatic rings. The van der Waals surface area contributed by atoms with Gasteiger partial charge in [-0.1, -0.05) is 24.3 Å². The Kier molecular flexibility index (Phi) is 5.65. The summed E-state index contributed by atoms with van der Waals surface area (Å²) < 4.78 is 5.13. The van der Waals surface area contributed by atoms with Gasteiger partial charge in [-0.3, -0.25) is 9.59 Å². The molecule has 0 unspecified atom stereocenters. The molecule has 1 aliphatic heterocycles. The van der Waals surface area contributed by atoms with Crippen LogP contribution in [0.1, 0.15) is 52.7 Å². The molecule has 1 aliphatic carbocycles. The Balaban J connectivity index is 1.15. The third kappa shape index (κ3) is 4.52. The Labute approximate surface area is 189 Å². The number of thiazole rings is 1. The zero-order valence-corrected chi connectivity index (χ0v) is 18.4. The van der Waals surface area contributed by atoms with Gasteiger partial charge < -0.3 is 20.4 Å². The van der Waals surface area contributed by atoms with Gasteiger partial charge in [-0.2, -0.15) is 0 Å². The molecule has 32 heavy (non-hydrogen) atoms. The summed E-state index contributed by atoms with van der Waals surface area (Å²) in [5.41, 5.74) is 8.89. The number of piperidine rings is 1. The van der Waals surface area contributed by atoms with Crippen LogP contribution < -0.4 is 11.1 Å². The number of nitrogens with zero attached hydrogens (tertiary/aromatic N) is 3. The minimum atomic E-state index is -0.288. The van der Waals surface area contributed by atoms with Crippen LogP contribution in [0.4, 0.5) is 6.01 Å². The Morgan fingerprint density at radius 3 is 2.75 bits per heavy atom. The first kappa shape index (κ1) is 20.7. The van der Waals surface area contributed by atoms with Gasteiger partial charge in [-0.15, -0.1) is 11.3 Å². The summed E-state index contributed by atoms with van der Waals surface area (Å²) in [5.74, 6) is 0.227. The normalized spacial score (nSPS) is 18.5. The smallest absolute Gasteiger partial charge is 0.292 e. The lowest BCUT2D eigenvalue weighted by atomic mass is 9.97. The average Bonchev–Trinajstić information content (AvgIpc) is 3.41. The number of hydrogen-bond donors (Lipinski definition) is 2. The van der Waals surface area contributed by atoms with Crippen LogP contribution in [0.2, 0.25) is 0 Å². The molecule has 1 saturated carbocycles. The first-order chi connectivity index (χ1) is 15.6. The molecule has 3 heterocycles. The Morgan fingerprint density at radius 2 is 2.03 bits per heavy atom. The Bertz CT molecular complexity index is 1120. The molecule has 0 bridgehead atoms. The predicted octanol–water partition coefficient (Wildman–Crippen LogP) is 3.43. The number of aromatic nitrogens is 2. The van der Waals surface area contributed by atoms with Gasteiger partial charge in [0.15, 0.2) is 0 Å². The van der Waals surface area contributed by atoms with Crippen LogP contribution >= 0.6 is 11.3 Å². The minimum absolute atomic E-state index is 0.0404. The molecule has 2 amide bonds. The Morgan fingerprint density at radius 1 is 1.22 bits per heavy atom. The van der Waals surface area contributed by atoms with Crippen molar-refractivity contribution in [3.05, 3.63) is 52.2 Å². The summed E-state index contributed by atoms with van der Waals surface area (Å²) >= 11 is 1.54. The maximum absolute atomic E-state index is 12.7. The van der Waals surface area contributed by atoms with E-state index in [1.807, 2.05) is 5.38 Å². The summed E-state index contributed by atoms with van der Waals surface area (Å²) in [6.07, 6.45) is 5.40. The van der Waals surface area contributed by atoms with Crippen molar-refractivity contribution in [3.8, 4) is 11.3 Å². The molecule has 1 saturated heterocycles. The zero-order chi connectivity index (χ0) is 22.1. The number of nitrogen functional groups attached to an aromatic ring is 1. The average molecular weight is 452 g/mol. The van der Waals surface area contributed by atoms with E-state index in [0.717, 1.165) is 35.0 Å². The summed E-state index contributed by atoms with van der Waals surface area (Å²) in [6, 6.07) is 8.59. The number of likely N-dealkylation sites (tertiary alicyclic amines) is 1. The quantitative estimate of drug-likeness (QED) is 0.593. The van der Waals surface area contributed by atoms with E-state index in [1.54, 1.807) is 4.90 Å². The number of rotatable bonds is 6. The highest BCUT2D eigenvalue weighted by Gasteiger charge is 2.30. The van der Waals surface area contributed by atoms with E-state index in [0.29, 0.717) is 19.6 Å². The number of nitrogens with two attached hydrogens (primary N) is 1. The van der Waals surface area contributed by atoms with E-state index >= 15 is 0 Å². The highest BCUT2D eigenvalue weighted by Crippen LogP contribution is 2.40. The molecular weight excluding hydrogens is 426 g/mol. The van der Waals surface area contributed by atoms with Gasteiger partial charge in [0.05, 0.1) is 24.4 Å². The van der Waals surface area contributed by atoms with Crippen LogP contribution in [0.3, 0.4) is 0 Å².